The van der Waals surface area contributed by atoms with Gasteiger partial charge in [-0.3, -0.25) is 4.99 Å². The van der Waals surface area contributed by atoms with Crippen LogP contribution in [0, 0.1) is 0 Å². The van der Waals surface area contributed by atoms with Crippen LogP contribution in [0.3, 0.4) is 0 Å². The summed E-state index contributed by atoms with van der Waals surface area (Å²) < 4.78 is 1.17. The van der Waals surface area contributed by atoms with Gasteiger partial charge in [0, 0.05) is 25.0 Å². The SMILES string of the molecule is CN=C(NCCN1CCCCC1)NCc1ccc(Br)s1. The fourth-order valence-corrected chi connectivity index (χ4v) is 3.78. The van der Waals surface area contributed by atoms with Gasteiger partial charge in [-0.1, -0.05) is 6.42 Å². The van der Waals surface area contributed by atoms with Crippen LogP contribution in [-0.4, -0.2) is 44.1 Å². The minimum absolute atomic E-state index is 0.819. The van der Waals surface area contributed by atoms with Gasteiger partial charge in [0.05, 0.1) is 10.3 Å². The van der Waals surface area contributed by atoms with E-state index in [0.29, 0.717) is 0 Å². The number of rotatable bonds is 5. The lowest BCUT2D eigenvalue weighted by Gasteiger charge is -2.26. The van der Waals surface area contributed by atoms with Crippen LogP contribution in [0.2, 0.25) is 0 Å². The van der Waals surface area contributed by atoms with Crippen molar-refractivity contribution in [3.8, 4) is 0 Å². The molecule has 112 valence electrons. The zero-order valence-electron chi connectivity index (χ0n) is 12.0. The molecule has 0 radical (unpaired) electrons. The van der Waals surface area contributed by atoms with Crippen LogP contribution in [0.15, 0.2) is 20.9 Å². The summed E-state index contributed by atoms with van der Waals surface area (Å²) in [6.07, 6.45) is 4.09. The first-order valence-corrected chi connectivity index (χ1v) is 8.80. The molecule has 6 heteroatoms. The van der Waals surface area contributed by atoms with E-state index in [9.17, 15) is 0 Å². The molecule has 0 saturated carbocycles. The summed E-state index contributed by atoms with van der Waals surface area (Å²) in [5.41, 5.74) is 0. The molecule has 1 aromatic heterocycles. The van der Waals surface area contributed by atoms with Crippen molar-refractivity contribution in [2.24, 2.45) is 4.99 Å². The molecule has 0 bridgehead atoms. The Morgan fingerprint density at radius 1 is 1.30 bits per heavy atom. The number of aliphatic imine (C=N–C) groups is 1. The minimum atomic E-state index is 0.819. The number of halogens is 1. The predicted octanol–water partition coefficient (Wildman–Crippen LogP) is 2.66. The number of nitrogens with zero attached hydrogens (tertiary/aromatic N) is 2. The van der Waals surface area contributed by atoms with E-state index in [0.717, 1.165) is 25.6 Å². The van der Waals surface area contributed by atoms with Crippen molar-refractivity contribution >= 4 is 33.2 Å². The first-order chi connectivity index (χ1) is 9.78. The molecule has 4 nitrogen and oxygen atoms in total. The second-order valence-electron chi connectivity index (χ2n) is 4.96. The molecule has 0 amide bonds. The van der Waals surface area contributed by atoms with Crippen LogP contribution >= 0.6 is 27.3 Å². The molecule has 0 aliphatic carbocycles. The monoisotopic (exact) mass is 358 g/mol. The van der Waals surface area contributed by atoms with E-state index in [1.807, 2.05) is 7.05 Å². The Balaban J connectivity index is 1.64. The van der Waals surface area contributed by atoms with Gasteiger partial charge in [0.25, 0.3) is 0 Å². The molecule has 0 unspecified atom stereocenters. The Labute approximate surface area is 133 Å². The number of hydrogen-bond donors (Lipinski definition) is 2. The molecule has 2 heterocycles. The molecule has 1 saturated heterocycles. The summed E-state index contributed by atoms with van der Waals surface area (Å²) in [6, 6.07) is 4.21. The van der Waals surface area contributed by atoms with E-state index in [1.165, 1.54) is 41.0 Å². The summed E-state index contributed by atoms with van der Waals surface area (Å²) in [5.74, 6) is 0.881. The molecule has 20 heavy (non-hydrogen) atoms. The van der Waals surface area contributed by atoms with Crippen molar-refractivity contribution in [1.29, 1.82) is 0 Å². The third kappa shape index (κ3) is 5.42. The lowest BCUT2D eigenvalue weighted by atomic mass is 10.1. The van der Waals surface area contributed by atoms with Crippen LogP contribution in [0.4, 0.5) is 0 Å². The Morgan fingerprint density at radius 3 is 2.75 bits per heavy atom. The molecule has 1 aliphatic rings. The molecule has 1 aromatic rings. The standard InChI is InChI=1S/C14H23BrN4S/c1-16-14(18-11-12-5-6-13(15)20-12)17-7-10-19-8-3-2-4-9-19/h5-6H,2-4,7-11H2,1H3,(H2,16,17,18). The van der Waals surface area contributed by atoms with E-state index in [1.54, 1.807) is 11.3 Å². The van der Waals surface area contributed by atoms with E-state index >= 15 is 0 Å². The van der Waals surface area contributed by atoms with E-state index in [4.69, 9.17) is 0 Å². The molecule has 0 spiro atoms. The smallest absolute Gasteiger partial charge is 0.191 e. The van der Waals surface area contributed by atoms with Gasteiger partial charge in [-0.2, -0.15) is 0 Å². The predicted molar refractivity (Wildman–Crippen MR) is 90.5 cm³/mol. The van der Waals surface area contributed by atoms with Crippen LogP contribution in [0.5, 0.6) is 0 Å². The Kier molecular flexibility index (Phi) is 6.82. The van der Waals surface area contributed by atoms with Crippen molar-refractivity contribution in [2.45, 2.75) is 25.8 Å². The van der Waals surface area contributed by atoms with Gasteiger partial charge in [0.2, 0.25) is 0 Å². The largest absolute Gasteiger partial charge is 0.355 e. The summed E-state index contributed by atoms with van der Waals surface area (Å²) in [4.78, 5) is 8.09. The number of nitrogens with one attached hydrogen (secondary N) is 2. The average Bonchev–Trinajstić information content (AvgIpc) is 2.89. The molecule has 1 fully saturated rings. The zero-order valence-corrected chi connectivity index (χ0v) is 14.4. The van der Waals surface area contributed by atoms with Gasteiger partial charge in [-0.25, -0.2) is 0 Å². The fraction of sp³-hybridized carbons (Fsp3) is 0.643. The lowest BCUT2D eigenvalue weighted by molar-refractivity contribution is 0.232. The molecule has 1 aliphatic heterocycles. The summed E-state index contributed by atoms with van der Waals surface area (Å²) in [6.45, 7) is 5.37. The normalized spacial score (nSPS) is 17.2. The number of piperidine rings is 1. The maximum absolute atomic E-state index is 4.26. The van der Waals surface area contributed by atoms with Gasteiger partial charge in [-0.15, -0.1) is 11.3 Å². The Bertz CT molecular complexity index is 427. The zero-order chi connectivity index (χ0) is 14.2. The maximum Gasteiger partial charge on any atom is 0.191 e. The summed E-state index contributed by atoms with van der Waals surface area (Å²) in [5, 5.41) is 6.73. The van der Waals surface area contributed by atoms with Crippen LogP contribution in [0.1, 0.15) is 24.1 Å². The van der Waals surface area contributed by atoms with Gasteiger partial charge in [0.15, 0.2) is 5.96 Å². The molecular formula is C14H23BrN4S. The first-order valence-electron chi connectivity index (χ1n) is 7.19. The lowest BCUT2D eigenvalue weighted by Crippen LogP contribution is -2.42. The van der Waals surface area contributed by atoms with Crippen molar-refractivity contribution in [1.82, 2.24) is 15.5 Å². The summed E-state index contributed by atoms with van der Waals surface area (Å²) >= 11 is 5.23. The highest BCUT2D eigenvalue weighted by Crippen LogP contribution is 2.21. The summed E-state index contributed by atoms with van der Waals surface area (Å²) in [7, 11) is 1.82. The fourth-order valence-electron chi connectivity index (χ4n) is 2.35. The van der Waals surface area contributed by atoms with Crippen LogP contribution in [0.25, 0.3) is 0 Å². The third-order valence-electron chi connectivity index (χ3n) is 3.45. The molecule has 0 atom stereocenters. The highest BCUT2D eigenvalue weighted by molar-refractivity contribution is 9.11. The van der Waals surface area contributed by atoms with Crippen molar-refractivity contribution in [3.63, 3.8) is 0 Å². The number of guanidine groups is 1. The third-order valence-corrected chi connectivity index (χ3v) is 5.08. The molecule has 0 aromatic carbocycles. The number of hydrogen-bond acceptors (Lipinski definition) is 3. The average molecular weight is 359 g/mol. The molecular weight excluding hydrogens is 336 g/mol. The second kappa shape index (κ2) is 8.64. The van der Waals surface area contributed by atoms with E-state index < -0.39 is 0 Å². The number of thiophene rings is 1. The highest BCUT2D eigenvalue weighted by Gasteiger charge is 2.09. The number of likely N-dealkylation sites (tertiary alicyclic amines) is 1. The minimum Gasteiger partial charge on any atom is -0.355 e. The Morgan fingerprint density at radius 2 is 2.10 bits per heavy atom. The van der Waals surface area contributed by atoms with Gasteiger partial charge >= 0.3 is 0 Å². The van der Waals surface area contributed by atoms with Gasteiger partial charge < -0.3 is 15.5 Å². The second-order valence-corrected chi connectivity index (χ2v) is 7.51. The van der Waals surface area contributed by atoms with E-state index in [-0.39, 0.29) is 0 Å². The van der Waals surface area contributed by atoms with E-state index in [2.05, 4.69) is 48.6 Å². The molecule has 2 N–H and O–H groups in total. The first kappa shape index (κ1) is 15.8. The Hall–Kier alpha value is -0.590. The van der Waals surface area contributed by atoms with Gasteiger partial charge in [-0.05, 0) is 54.0 Å². The molecule has 2 rings (SSSR count). The topological polar surface area (TPSA) is 39.7 Å². The van der Waals surface area contributed by atoms with Gasteiger partial charge in [0.1, 0.15) is 0 Å². The highest BCUT2D eigenvalue weighted by atomic mass is 79.9. The maximum atomic E-state index is 4.26. The van der Waals surface area contributed by atoms with Crippen molar-refractivity contribution < 1.29 is 0 Å². The van der Waals surface area contributed by atoms with Crippen molar-refractivity contribution in [3.05, 3.63) is 20.8 Å². The van der Waals surface area contributed by atoms with Crippen molar-refractivity contribution in [2.75, 3.05) is 33.2 Å². The van der Waals surface area contributed by atoms with Crippen LogP contribution < -0.4 is 10.6 Å². The quantitative estimate of drug-likeness (QED) is 0.627. The van der Waals surface area contributed by atoms with Crippen LogP contribution in [-0.2, 0) is 6.54 Å².